The SMILES string of the molecule is Clc1cccc(N2CCC(NCc3cccnc3)C2)c1. The van der Waals surface area contributed by atoms with E-state index in [9.17, 15) is 0 Å². The van der Waals surface area contributed by atoms with Crippen LogP contribution in [-0.2, 0) is 6.54 Å². The third-order valence-corrected chi connectivity index (χ3v) is 3.91. The van der Waals surface area contributed by atoms with Crippen LogP contribution in [0.3, 0.4) is 0 Å². The Hall–Kier alpha value is -1.58. The van der Waals surface area contributed by atoms with Gasteiger partial charge in [-0.05, 0) is 36.2 Å². The van der Waals surface area contributed by atoms with E-state index in [4.69, 9.17) is 11.6 Å². The highest BCUT2D eigenvalue weighted by atomic mass is 35.5. The fraction of sp³-hybridized carbons (Fsp3) is 0.312. The Balaban J connectivity index is 1.55. The molecule has 1 unspecified atom stereocenters. The number of benzene rings is 1. The standard InChI is InChI=1S/C16H18ClN3/c17-14-4-1-5-16(9-14)20-8-6-15(12-20)19-11-13-3-2-7-18-10-13/h1-5,7,9-10,15,19H,6,8,11-12H2. The molecule has 0 spiro atoms. The Labute approximate surface area is 124 Å². The van der Waals surface area contributed by atoms with Crippen molar-refractivity contribution in [3.8, 4) is 0 Å². The normalized spacial score (nSPS) is 18.4. The molecule has 1 aromatic heterocycles. The predicted octanol–water partition coefficient (Wildman–Crippen LogP) is 3.10. The summed E-state index contributed by atoms with van der Waals surface area (Å²) in [7, 11) is 0. The van der Waals surface area contributed by atoms with Crippen molar-refractivity contribution < 1.29 is 0 Å². The average Bonchev–Trinajstić information content (AvgIpc) is 2.95. The molecule has 0 bridgehead atoms. The molecule has 1 aromatic carbocycles. The van der Waals surface area contributed by atoms with Crippen molar-refractivity contribution in [3.63, 3.8) is 0 Å². The van der Waals surface area contributed by atoms with Gasteiger partial charge in [0.05, 0.1) is 0 Å². The minimum atomic E-state index is 0.522. The first-order valence-corrected chi connectivity index (χ1v) is 7.32. The minimum Gasteiger partial charge on any atom is -0.370 e. The minimum absolute atomic E-state index is 0.522. The van der Waals surface area contributed by atoms with Gasteiger partial charge in [-0.15, -0.1) is 0 Å². The first-order valence-electron chi connectivity index (χ1n) is 6.94. The monoisotopic (exact) mass is 287 g/mol. The first-order chi connectivity index (χ1) is 9.81. The number of nitrogens with zero attached hydrogens (tertiary/aromatic N) is 2. The van der Waals surface area contributed by atoms with Gasteiger partial charge in [-0.2, -0.15) is 0 Å². The van der Waals surface area contributed by atoms with Crippen molar-refractivity contribution in [3.05, 3.63) is 59.4 Å². The maximum Gasteiger partial charge on any atom is 0.0426 e. The lowest BCUT2D eigenvalue weighted by Gasteiger charge is -2.19. The smallest absolute Gasteiger partial charge is 0.0426 e. The Morgan fingerprint density at radius 3 is 3.05 bits per heavy atom. The summed E-state index contributed by atoms with van der Waals surface area (Å²) < 4.78 is 0. The van der Waals surface area contributed by atoms with Crippen LogP contribution in [0.4, 0.5) is 5.69 Å². The molecule has 0 radical (unpaired) electrons. The van der Waals surface area contributed by atoms with Crippen molar-refractivity contribution in [2.24, 2.45) is 0 Å². The molecule has 1 N–H and O–H groups in total. The number of hydrogen-bond donors (Lipinski definition) is 1. The predicted molar refractivity (Wildman–Crippen MR) is 83.1 cm³/mol. The van der Waals surface area contributed by atoms with Gasteiger partial charge in [0.15, 0.2) is 0 Å². The molecule has 0 amide bonds. The van der Waals surface area contributed by atoms with Crippen LogP contribution < -0.4 is 10.2 Å². The second-order valence-electron chi connectivity index (χ2n) is 5.15. The lowest BCUT2D eigenvalue weighted by Crippen LogP contribution is -2.32. The number of rotatable bonds is 4. The molecule has 1 saturated heterocycles. The zero-order valence-corrected chi connectivity index (χ0v) is 12.1. The maximum absolute atomic E-state index is 6.05. The van der Waals surface area contributed by atoms with Crippen LogP contribution >= 0.6 is 11.6 Å². The highest BCUT2D eigenvalue weighted by Gasteiger charge is 2.22. The molecule has 104 valence electrons. The molecule has 2 aromatic rings. The van der Waals surface area contributed by atoms with Gasteiger partial charge in [0.25, 0.3) is 0 Å². The van der Waals surface area contributed by atoms with Gasteiger partial charge in [-0.25, -0.2) is 0 Å². The van der Waals surface area contributed by atoms with E-state index in [1.54, 1.807) is 6.20 Å². The second kappa shape index (κ2) is 6.25. The summed E-state index contributed by atoms with van der Waals surface area (Å²) in [6.07, 6.45) is 4.88. The van der Waals surface area contributed by atoms with E-state index in [2.05, 4.69) is 27.3 Å². The summed E-state index contributed by atoms with van der Waals surface area (Å²) in [5, 5.41) is 4.40. The van der Waals surface area contributed by atoms with Gasteiger partial charge < -0.3 is 10.2 Å². The molecule has 1 fully saturated rings. The highest BCUT2D eigenvalue weighted by Crippen LogP contribution is 2.23. The lowest BCUT2D eigenvalue weighted by molar-refractivity contribution is 0.551. The largest absolute Gasteiger partial charge is 0.370 e. The zero-order chi connectivity index (χ0) is 13.8. The Morgan fingerprint density at radius 1 is 1.30 bits per heavy atom. The third kappa shape index (κ3) is 3.30. The van der Waals surface area contributed by atoms with Crippen molar-refractivity contribution in [1.29, 1.82) is 0 Å². The van der Waals surface area contributed by atoms with Crippen LogP contribution in [0.25, 0.3) is 0 Å². The first kappa shape index (κ1) is 13.4. The molecule has 1 aliphatic heterocycles. The summed E-state index contributed by atoms with van der Waals surface area (Å²) in [5.41, 5.74) is 2.44. The van der Waals surface area contributed by atoms with Crippen LogP contribution in [0, 0.1) is 0 Å². The molecule has 1 aliphatic rings. The van der Waals surface area contributed by atoms with Gasteiger partial charge in [-0.3, -0.25) is 4.98 Å². The van der Waals surface area contributed by atoms with Crippen LogP contribution in [-0.4, -0.2) is 24.1 Å². The summed E-state index contributed by atoms with van der Waals surface area (Å²) >= 11 is 6.05. The summed E-state index contributed by atoms with van der Waals surface area (Å²) in [5.74, 6) is 0. The molecule has 3 rings (SSSR count). The van der Waals surface area contributed by atoms with E-state index in [1.165, 1.54) is 11.3 Å². The lowest BCUT2D eigenvalue weighted by atomic mass is 10.2. The van der Waals surface area contributed by atoms with Gasteiger partial charge >= 0.3 is 0 Å². The van der Waals surface area contributed by atoms with Crippen LogP contribution in [0.1, 0.15) is 12.0 Å². The summed E-state index contributed by atoms with van der Waals surface area (Å²) in [6.45, 7) is 2.98. The zero-order valence-electron chi connectivity index (χ0n) is 11.3. The molecule has 1 atom stereocenters. The van der Waals surface area contributed by atoms with Crippen molar-refractivity contribution in [2.75, 3.05) is 18.0 Å². The van der Waals surface area contributed by atoms with E-state index < -0.39 is 0 Å². The molecule has 3 nitrogen and oxygen atoms in total. The molecule has 0 aliphatic carbocycles. The van der Waals surface area contributed by atoms with E-state index in [1.807, 2.05) is 30.5 Å². The maximum atomic E-state index is 6.05. The van der Waals surface area contributed by atoms with E-state index in [0.29, 0.717) is 6.04 Å². The van der Waals surface area contributed by atoms with Crippen molar-refractivity contribution >= 4 is 17.3 Å². The van der Waals surface area contributed by atoms with E-state index in [-0.39, 0.29) is 0 Å². The number of nitrogens with one attached hydrogen (secondary N) is 1. The molecular weight excluding hydrogens is 270 g/mol. The molecule has 4 heteroatoms. The Bertz CT molecular complexity index is 559. The summed E-state index contributed by atoms with van der Waals surface area (Å²) in [4.78, 5) is 6.52. The molecular formula is C16H18ClN3. The fourth-order valence-corrected chi connectivity index (χ4v) is 2.78. The number of pyridine rings is 1. The molecule has 20 heavy (non-hydrogen) atoms. The Kier molecular flexibility index (Phi) is 4.19. The van der Waals surface area contributed by atoms with Crippen molar-refractivity contribution in [1.82, 2.24) is 10.3 Å². The average molecular weight is 288 g/mol. The van der Waals surface area contributed by atoms with Gasteiger partial charge in [0.1, 0.15) is 0 Å². The quantitative estimate of drug-likeness (QED) is 0.936. The second-order valence-corrected chi connectivity index (χ2v) is 5.59. The van der Waals surface area contributed by atoms with Crippen LogP contribution in [0.2, 0.25) is 5.02 Å². The van der Waals surface area contributed by atoms with Gasteiger partial charge in [0.2, 0.25) is 0 Å². The van der Waals surface area contributed by atoms with Crippen molar-refractivity contribution in [2.45, 2.75) is 19.0 Å². The third-order valence-electron chi connectivity index (χ3n) is 3.68. The van der Waals surface area contributed by atoms with E-state index in [0.717, 1.165) is 31.1 Å². The van der Waals surface area contributed by atoms with E-state index >= 15 is 0 Å². The molecule has 2 heterocycles. The summed E-state index contributed by atoms with van der Waals surface area (Å²) in [6, 6.07) is 12.7. The number of hydrogen-bond acceptors (Lipinski definition) is 3. The topological polar surface area (TPSA) is 28.2 Å². The van der Waals surface area contributed by atoms with Crippen LogP contribution in [0.15, 0.2) is 48.8 Å². The number of halogens is 1. The number of anilines is 1. The molecule has 0 saturated carbocycles. The number of aromatic nitrogens is 1. The van der Waals surface area contributed by atoms with Gasteiger partial charge in [0, 0.05) is 48.8 Å². The van der Waals surface area contributed by atoms with Gasteiger partial charge in [-0.1, -0.05) is 23.7 Å². The van der Waals surface area contributed by atoms with Crippen LogP contribution in [0.5, 0.6) is 0 Å². The highest BCUT2D eigenvalue weighted by molar-refractivity contribution is 6.30. The fourth-order valence-electron chi connectivity index (χ4n) is 2.60. The Morgan fingerprint density at radius 2 is 2.25 bits per heavy atom.